The Morgan fingerprint density at radius 2 is 1.95 bits per heavy atom. The first-order chi connectivity index (χ1) is 9.43. The molecule has 2 aromatic heterocycles. The van der Waals surface area contributed by atoms with Crippen molar-refractivity contribution in [3.8, 4) is 0 Å². The van der Waals surface area contributed by atoms with Gasteiger partial charge in [0.15, 0.2) is 0 Å². The van der Waals surface area contributed by atoms with Gasteiger partial charge < -0.3 is 5.73 Å². The molecule has 5 nitrogen and oxygen atoms in total. The Morgan fingerprint density at radius 1 is 1.25 bits per heavy atom. The fourth-order valence-corrected chi connectivity index (χ4v) is 2.51. The van der Waals surface area contributed by atoms with E-state index in [0.717, 1.165) is 23.5 Å². The molecule has 0 aliphatic carbocycles. The summed E-state index contributed by atoms with van der Waals surface area (Å²) in [7, 11) is 0. The number of rotatable bonds is 5. The van der Waals surface area contributed by atoms with Crippen LogP contribution in [-0.2, 0) is 6.54 Å². The smallest absolute Gasteiger partial charge is 0.0853 e. The van der Waals surface area contributed by atoms with Crippen molar-refractivity contribution < 1.29 is 0 Å². The van der Waals surface area contributed by atoms with Gasteiger partial charge >= 0.3 is 0 Å². The average molecular weight is 275 g/mol. The molecular weight excluding hydrogens is 250 g/mol. The molecule has 2 rings (SSSR count). The molecule has 0 saturated carbocycles. The highest BCUT2D eigenvalue weighted by Crippen LogP contribution is 2.22. The molecule has 0 bridgehead atoms. The van der Waals surface area contributed by atoms with E-state index in [1.165, 1.54) is 5.56 Å². The summed E-state index contributed by atoms with van der Waals surface area (Å²) in [4.78, 5) is 0. The summed E-state index contributed by atoms with van der Waals surface area (Å²) in [6.07, 6.45) is 2.94. The summed E-state index contributed by atoms with van der Waals surface area (Å²) in [5, 5.41) is 9.19. The Hall–Kier alpha value is -1.62. The lowest BCUT2D eigenvalue weighted by molar-refractivity contribution is 0.519. The predicted molar refractivity (Wildman–Crippen MR) is 80.6 cm³/mol. The summed E-state index contributed by atoms with van der Waals surface area (Å²) in [5.41, 5.74) is 10.6. The zero-order chi connectivity index (χ0) is 14.9. The van der Waals surface area contributed by atoms with Gasteiger partial charge in [-0.3, -0.25) is 9.36 Å². The van der Waals surface area contributed by atoms with Gasteiger partial charge in [-0.05, 0) is 40.2 Å². The second-order valence-electron chi connectivity index (χ2n) is 5.64. The van der Waals surface area contributed by atoms with Crippen LogP contribution in [-0.4, -0.2) is 19.6 Å². The second-order valence-corrected chi connectivity index (χ2v) is 5.64. The third-order valence-corrected chi connectivity index (χ3v) is 3.75. The summed E-state index contributed by atoms with van der Waals surface area (Å²) >= 11 is 0. The first kappa shape index (κ1) is 14.8. The van der Waals surface area contributed by atoms with Crippen molar-refractivity contribution in [1.29, 1.82) is 0 Å². The minimum Gasteiger partial charge on any atom is -0.324 e. The number of nitrogens with two attached hydrogens (primary N) is 1. The van der Waals surface area contributed by atoms with Crippen LogP contribution in [0.5, 0.6) is 0 Å². The van der Waals surface area contributed by atoms with Crippen molar-refractivity contribution in [3.05, 3.63) is 34.9 Å². The summed E-state index contributed by atoms with van der Waals surface area (Å²) < 4.78 is 3.98. The lowest BCUT2D eigenvalue weighted by Crippen LogP contribution is -2.12. The predicted octanol–water partition coefficient (Wildman–Crippen LogP) is 2.74. The summed E-state index contributed by atoms with van der Waals surface area (Å²) in [6.45, 7) is 11.2. The third kappa shape index (κ3) is 2.77. The molecule has 0 aliphatic rings. The van der Waals surface area contributed by atoms with Crippen molar-refractivity contribution in [3.63, 3.8) is 0 Å². The van der Waals surface area contributed by atoms with Crippen LogP contribution in [0.2, 0.25) is 0 Å². The van der Waals surface area contributed by atoms with E-state index in [1.54, 1.807) is 0 Å². The fraction of sp³-hybridized carbons (Fsp3) is 0.600. The number of aryl methyl sites for hydroxylation is 1. The van der Waals surface area contributed by atoms with Gasteiger partial charge in [0, 0.05) is 29.5 Å². The lowest BCUT2D eigenvalue weighted by atomic mass is 10.0. The van der Waals surface area contributed by atoms with Gasteiger partial charge in [-0.2, -0.15) is 10.2 Å². The van der Waals surface area contributed by atoms with Crippen LogP contribution in [0.4, 0.5) is 0 Å². The zero-order valence-corrected chi connectivity index (χ0v) is 13.1. The van der Waals surface area contributed by atoms with Gasteiger partial charge in [-0.25, -0.2) is 0 Å². The van der Waals surface area contributed by atoms with E-state index in [4.69, 9.17) is 5.73 Å². The summed E-state index contributed by atoms with van der Waals surface area (Å²) in [6, 6.07) is 2.50. The van der Waals surface area contributed by atoms with Gasteiger partial charge in [0.05, 0.1) is 17.9 Å². The highest BCUT2D eigenvalue weighted by molar-refractivity contribution is 5.28. The molecule has 1 unspecified atom stereocenters. The van der Waals surface area contributed by atoms with Crippen molar-refractivity contribution in [2.75, 3.05) is 0 Å². The SMILES string of the molecule is CCC(N)c1c(C)nn(Cc2ccn(C(C)C)n2)c1C. The maximum absolute atomic E-state index is 6.17. The van der Waals surface area contributed by atoms with Crippen molar-refractivity contribution in [1.82, 2.24) is 19.6 Å². The molecule has 5 heteroatoms. The van der Waals surface area contributed by atoms with Gasteiger partial charge in [-0.15, -0.1) is 0 Å². The Bertz CT molecular complexity index is 579. The van der Waals surface area contributed by atoms with Crippen LogP contribution in [0.15, 0.2) is 12.3 Å². The van der Waals surface area contributed by atoms with E-state index >= 15 is 0 Å². The first-order valence-electron chi connectivity index (χ1n) is 7.27. The Morgan fingerprint density at radius 3 is 2.50 bits per heavy atom. The number of aromatic nitrogens is 4. The van der Waals surface area contributed by atoms with Gasteiger partial charge in [0.2, 0.25) is 0 Å². The van der Waals surface area contributed by atoms with Gasteiger partial charge in [-0.1, -0.05) is 6.92 Å². The molecule has 0 radical (unpaired) electrons. The molecule has 20 heavy (non-hydrogen) atoms. The normalized spacial score (nSPS) is 13.2. The Balaban J connectivity index is 2.25. The second kappa shape index (κ2) is 5.79. The highest BCUT2D eigenvalue weighted by Gasteiger charge is 2.17. The molecule has 2 aromatic rings. The Labute approximate surface area is 120 Å². The average Bonchev–Trinajstić information content (AvgIpc) is 2.96. The largest absolute Gasteiger partial charge is 0.324 e. The van der Waals surface area contributed by atoms with E-state index < -0.39 is 0 Å². The molecule has 0 aromatic carbocycles. The van der Waals surface area contributed by atoms with Gasteiger partial charge in [0.25, 0.3) is 0 Å². The van der Waals surface area contributed by atoms with Crippen molar-refractivity contribution in [2.45, 2.75) is 59.7 Å². The number of hydrogen-bond donors (Lipinski definition) is 1. The van der Waals surface area contributed by atoms with E-state index in [0.29, 0.717) is 12.6 Å². The standard InChI is InChI=1S/C15H25N5/c1-6-14(16)15-11(4)17-20(12(15)5)9-13-7-8-19(18-13)10(2)3/h7-8,10,14H,6,9,16H2,1-5H3. The third-order valence-electron chi connectivity index (χ3n) is 3.75. The van der Waals surface area contributed by atoms with Crippen LogP contribution in [0, 0.1) is 13.8 Å². The first-order valence-corrected chi connectivity index (χ1v) is 7.27. The maximum Gasteiger partial charge on any atom is 0.0853 e. The molecule has 0 saturated heterocycles. The van der Waals surface area contributed by atoms with Crippen molar-refractivity contribution >= 4 is 0 Å². The molecule has 0 aliphatic heterocycles. The quantitative estimate of drug-likeness (QED) is 0.912. The fourth-order valence-electron chi connectivity index (χ4n) is 2.51. The molecule has 0 amide bonds. The minimum absolute atomic E-state index is 0.0666. The topological polar surface area (TPSA) is 61.7 Å². The van der Waals surface area contributed by atoms with Crippen LogP contribution < -0.4 is 5.73 Å². The minimum atomic E-state index is 0.0666. The molecule has 110 valence electrons. The Kier molecular flexibility index (Phi) is 4.28. The van der Waals surface area contributed by atoms with E-state index in [1.807, 2.05) is 22.5 Å². The van der Waals surface area contributed by atoms with Crippen LogP contribution in [0.25, 0.3) is 0 Å². The maximum atomic E-state index is 6.17. The summed E-state index contributed by atoms with van der Waals surface area (Å²) in [5.74, 6) is 0. The zero-order valence-electron chi connectivity index (χ0n) is 13.1. The van der Waals surface area contributed by atoms with Crippen molar-refractivity contribution in [2.24, 2.45) is 5.73 Å². The highest BCUT2D eigenvalue weighted by atomic mass is 15.3. The lowest BCUT2D eigenvalue weighted by Gasteiger charge is -2.10. The van der Waals surface area contributed by atoms with Crippen LogP contribution in [0.3, 0.4) is 0 Å². The van der Waals surface area contributed by atoms with E-state index in [9.17, 15) is 0 Å². The van der Waals surface area contributed by atoms with Gasteiger partial charge in [0.1, 0.15) is 0 Å². The molecular formula is C15H25N5. The molecule has 0 fully saturated rings. The number of hydrogen-bond acceptors (Lipinski definition) is 3. The molecule has 1 atom stereocenters. The van der Waals surface area contributed by atoms with E-state index in [2.05, 4.69) is 44.0 Å². The van der Waals surface area contributed by atoms with Crippen LogP contribution in [0.1, 0.15) is 61.9 Å². The van der Waals surface area contributed by atoms with Crippen LogP contribution >= 0.6 is 0 Å². The monoisotopic (exact) mass is 275 g/mol. The molecule has 2 N–H and O–H groups in total. The molecule has 0 spiro atoms. The van der Waals surface area contributed by atoms with E-state index in [-0.39, 0.29) is 6.04 Å². The molecule has 2 heterocycles. The number of nitrogens with zero attached hydrogens (tertiary/aromatic N) is 4.